The average molecular weight is 474 g/mol. The SMILES string of the molecule is CC1C=CC(c2ccc3ccc(-c4c5ccccc5c(-c5ccccc5)c5ccccc45)cc3c2)=CN1. The summed E-state index contributed by atoms with van der Waals surface area (Å²) in [6, 6.07) is 42.5. The third-order valence-electron chi connectivity index (χ3n) is 7.52. The Kier molecular flexibility index (Phi) is 5.15. The Morgan fingerprint density at radius 2 is 1.05 bits per heavy atom. The molecule has 0 amide bonds. The van der Waals surface area contributed by atoms with Crippen LogP contribution in [0.15, 0.2) is 134 Å². The van der Waals surface area contributed by atoms with Crippen LogP contribution in [-0.2, 0) is 0 Å². The van der Waals surface area contributed by atoms with E-state index in [0.29, 0.717) is 6.04 Å². The summed E-state index contributed by atoms with van der Waals surface area (Å²) < 4.78 is 0. The summed E-state index contributed by atoms with van der Waals surface area (Å²) in [6.07, 6.45) is 6.55. The van der Waals surface area contributed by atoms with Gasteiger partial charge in [-0.2, -0.15) is 0 Å². The van der Waals surface area contributed by atoms with E-state index >= 15 is 0 Å². The first-order valence-electron chi connectivity index (χ1n) is 12.9. The van der Waals surface area contributed by atoms with Gasteiger partial charge in [0.1, 0.15) is 0 Å². The smallest absolute Gasteiger partial charge is 0.0414 e. The van der Waals surface area contributed by atoms with Crippen LogP contribution in [0, 0.1) is 0 Å². The zero-order chi connectivity index (χ0) is 24.8. The maximum absolute atomic E-state index is 3.43. The van der Waals surface area contributed by atoms with Crippen LogP contribution >= 0.6 is 0 Å². The predicted molar refractivity (Wildman–Crippen MR) is 160 cm³/mol. The fraction of sp³-hybridized carbons (Fsp3) is 0.0556. The molecular weight excluding hydrogens is 446 g/mol. The Balaban J connectivity index is 1.49. The number of benzene rings is 6. The molecule has 6 aromatic rings. The highest BCUT2D eigenvalue weighted by Crippen LogP contribution is 2.44. The molecule has 1 aliphatic heterocycles. The molecule has 0 aromatic heterocycles. The third kappa shape index (κ3) is 3.72. The van der Waals surface area contributed by atoms with Crippen molar-refractivity contribution in [3.05, 3.63) is 139 Å². The molecule has 7 rings (SSSR count). The van der Waals surface area contributed by atoms with Crippen LogP contribution in [0.2, 0.25) is 0 Å². The van der Waals surface area contributed by atoms with Crippen molar-refractivity contribution in [3.63, 3.8) is 0 Å². The molecule has 1 N–H and O–H groups in total. The lowest BCUT2D eigenvalue weighted by molar-refractivity contribution is 0.764. The van der Waals surface area contributed by atoms with Crippen LogP contribution in [0.1, 0.15) is 12.5 Å². The van der Waals surface area contributed by atoms with Crippen molar-refractivity contribution < 1.29 is 0 Å². The lowest BCUT2D eigenvalue weighted by atomic mass is 9.85. The number of hydrogen-bond donors (Lipinski definition) is 1. The molecule has 0 aliphatic carbocycles. The molecular formula is C36H27N. The highest BCUT2D eigenvalue weighted by Gasteiger charge is 2.16. The Bertz CT molecular complexity index is 1800. The van der Waals surface area contributed by atoms with Gasteiger partial charge in [0.2, 0.25) is 0 Å². The minimum absolute atomic E-state index is 0.372. The quantitative estimate of drug-likeness (QED) is 0.252. The Hall–Kier alpha value is -4.62. The maximum atomic E-state index is 3.43. The topological polar surface area (TPSA) is 12.0 Å². The lowest BCUT2D eigenvalue weighted by Crippen LogP contribution is -2.20. The number of allylic oxidation sites excluding steroid dienone is 2. The van der Waals surface area contributed by atoms with Gasteiger partial charge in [0.15, 0.2) is 0 Å². The van der Waals surface area contributed by atoms with E-state index in [0.717, 1.165) is 0 Å². The van der Waals surface area contributed by atoms with Gasteiger partial charge in [-0.15, -0.1) is 0 Å². The lowest BCUT2D eigenvalue weighted by Gasteiger charge is -2.18. The third-order valence-corrected chi connectivity index (χ3v) is 7.52. The van der Waals surface area contributed by atoms with Gasteiger partial charge in [0.25, 0.3) is 0 Å². The number of dihydropyridines is 1. The van der Waals surface area contributed by atoms with Gasteiger partial charge in [-0.1, -0.05) is 115 Å². The Morgan fingerprint density at radius 1 is 0.514 bits per heavy atom. The van der Waals surface area contributed by atoms with Gasteiger partial charge in [-0.3, -0.25) is 0 Å². The van der Waals surface area contributed by atoms with E-state index in [1.807, 2.05) is 0 Å². The molecule has 1 heterocycles. The molecule has 1 nitrogen and oxygen atoms in total. The molecule has 0 bridgehead atoms. The normalized spacial score (nSPS) is 15.2. The monoisotopic (exact) mass is 473 g/mol. The van der Waals surface area contributed by atoms with Crippen molar-refractivity contribution in [2.45, 2.75) is 13.0 Å². The number of fused-ring (bicyclic) bond motifs is 3. The van der Waals surface area contributed by atoms with Crippen LogP contribution in [0.5, 0.6) is 0 Å². The van der Waals surface area contributed by atoms with Gasteiger partial charge in [0, 0.05) is 12.2 Å². The summed E-state index contributed by atoms with van der Waals surface area (Å²) in [5.41, 5.74) is 7.54. The van der Waals surface area contributed by atoms with Gasteiger partial charge in [-0.05, 0) is 84.8 Å². The molecule has 0 fully saturated rings. The molecule has 176 valence electrons. The summed E-state index contributed by atoms with van der Waals surface area (Å²) in [5.74, 6) is 0. The summed E-state index contributed by atoms with van der Waals surface area (Å²) in [5, 5.41) is 11.1. The molecule has 0 saturated carbocycles. The largest absolute Gasteiger partial charge is 0.384 e. The Morgan fingerprint density at radius 3 is 1.65 bits per heavy atom. The molecule has 0 spiro atoms. The summed E-state index contributed by atoms with van der Waals surface area (Å²) >= 11 is 0. The van der Waals surface area contributed by atoms with Crippen molar-refractivity contribution in [2.75, 3.05) is 0 Å². The average Bonchev–Trinajstić information content (AvgIpc) is 2.96. The zero-order valence-electron chi connectivity index (χ0n) is 20.8. The van der Waals surface area contributed by atoms with Crippen LogP contribution in [0.25, 0.3) is 60.1 Å². The molecule has 1 aliphatic rings. The van der Waals surface area contributed by atoms with E-state index in [-0.39, 0.29) is 0 Å². The summed E-state index contributed by atoms with van der Waals surface area (Å²) in [7, 11) is 0. The standard InChI is InChI=1S/C36H27N/c1-24-15-16-29(23-37-24)27-19-17-25-18-20-28(22-30(25)21-27)36-33-13-7-5-11-31(33)35(26-9-3-2-4-10-26)32-12-6-8-14-34(32)36/h2-24,37H,1H3. The number of hydrogen-bond acceptors (Lipinski definition) is 1. The van der Waals surface area contributed by atoms with E-state index in [1.54, 1.807) is 0 Å². The fourth-order valence-corrected chi connectivity index (χ4v) is 5.69. The minimum Gasteiger partial charge on any atom is -0.384 e. The van der Waals surface area contributed by atoms with E-state index in [9.17, 15) is 0 Å². The summed E-state index contributed by atoms with van der Waals surface area (Å²) in [6.45, 7) is 2.16. The second kappa shape index (κ2) is 8.80. The molecule has 6 aromatic carbocycles. The van der Waals surface area contributed by atoms with Gasteiger partial charge in [-0.25, -0.2) is 0 Å². The van der Waals surface area contributed by atoms with Crippen molar-refractivity contribution in [2.24, 2.45) is 0 Å². The van der Waals surface area contributed by atoms with Crippen LogP contribution in [-0.4, -0.2) is 6.04 Å². The van der Waals surface area contributed by atoms with E-state index < -0.39 is 0 Å². The molecule has 0 radical (unpaired) electrons. The van der Waals surface area contributed by atoms with Crippen molar-refractivity contribution in [3.8, 4) is 22.3 Å². The van der Waals surface area contributed by atoms with Crippen molar-refractivity contribution >= 4 is 37.9 Å². The van der Waals surface area contributed by atoms with Crippen LogP contribution in [0.3, 0.4) is 0 Å². The molecule has 1 heteroatoms. The van der Waals surface area contributed by atoms with E-state index in [4.69, 9.17) is 0 Å². The molecule has 1 atom stereocenters. The number of nitrogens with one attached hydrogen (secondary N) is 1. The van der Waals surface area contributed by atoms with Crippen LogP contribution in [0.4, 0.5) is 0 Å². The molecule has 37 heavy (non-hydrogen) atoms. The summed E-state index contributed by atoms with van der Waals surface area (Å²) in [4.78, 5) is 0. The van der Waals surface area contributed by atoms with E-state index in [2.05, 4.69) is 146 Å². The highest BCUT2D eigenvalue weighted by molar-refractivity contribution is 6.21. The molecule has 1 unspecified atom stereocenters. The minimum atomic E-state index is 0.372. The van der Waals surface area contributed by atoms with E-state index in [1.165, 1.54) is 65.7 Å². The van der Waals surface area contributed by atoms with Crippen molar-refractivity contribution in [1.82, 2.24) is 5.32 Å². The van der Waals surface area contributed by atoms with Gasteiger partial charge < -0.3 is 5.32 Å². The molecule has 0 saturated heterocycles. The second-order valence-electron chi connectivity index (χ2n) is 9.90. The van der Waals surface area contributed by atoms with Gasteiger partial charge >= 0.3 is 0 Å². The van der Waals surface area contributed by atoms with Crippen LogP contribution < -0.4 is 5.32 Å². The number of rotatable bonds is 3. The maximum Gasteiger partial charge on any atom is 0.0414 e. The fourth-order valence-electron chi connectivity index (χ4n) is 5.69. The predicted octanol–water partition coefficient (Wildman–Crippen LogP) is 9.37. The second-order valence-corrected chi connectivity index (χ2v) is 9.90. The first-order valence-corrected chi connectivity index (χ1v) is 12.9. The first-order chi connectivity index (χ1) is 18.3. The van der Waals surface area contributed by atoms with Gasteiger partial charge in [0.05, 0.1) is 0 Å². The van der Waals surface area contributed by atoms with Crippen molar-refractivity contribution in [1.29, 1.82) is 0 Å². The highest BCUT2D eigenvalue weighted by atomic mass is 14.9. The zero-order valence-corrected chi connectivity index (χ0v) is 20.8. The Labute approximate surface area is 217 Å². The first kappa shape index (κ1) is 21.6.